The van der Waals surface area contributed by atoms with Crippen molar-refractivity contribution < 1.29 is 48.4 Å². The molecule has 2 heterocycles. The van der Waals surface area contributed by atoms with Crippen LogP contribution in [0.4, 0.5) is 42.4 Å². The summed E-state index contributed by atoms with van der Waals surface area (Å²) in [7, 11) is -3.24. The van der Waals surface area contributed by atoms with Crippen molar-refractivity contribution in [3.8, 4) is 0 Å². The number of amides is 1. The molecule has 0 saturated carbocycles. The van der Waals surface area contributed by atoms with E-state index in [1.807, 2.05) is 0 Å². The molecule has 4 rings (SSSR count). The van der Waals surface area contributed by atoms with E-state index in [-0.39, 0.29) is 48.3 Å². The highest BCUT2D eigenvalue weighted by atomic mass is 32.2. The van der Waals surface area contributed by atoms with Gasteiger partial charge in [0.2, 0.25) is 11.8 Å². The Bertz CT molecular complexity index is 1440. The molecule has 1 amide bonds. The van der Waals surface area contributed by atoms with Gasteiger partial charge in [0.1, 0.15) is 5.82 Å². The number of benzene rings is 2. The number of hydrogen-bond donors (Lipinski definition) is 1. The van der Waals surface area contributed by atoms with E-state index in [0.29, 0.717) is 12.1 Å². The molecular formula is C23H19F7N4O4S. The standard InChI is InChI=1S/C23H19F7N4O4S/c24-14-2-4-15(5-3-14)31-20(35)17(16-6-1-13(22(25,26)27)11-18(16)23(28,29)30)12-19-32-33-21(38-19)34-7-9-39(36,37)10-8-34/h1-6,11,17H,7-10,12H2,(H,31,35). The van der Waals surface area contributed by atoms with Gasteiger partial charge in [-0.15, -0.1) is 5.10 Å². The molecule has 1 aliphatic rings. The van der Waals surface area contributed by atoms with Gasteiger partial charge in [0, 0.05) is 25.2 Å². The third-order valence-corrected chi connectivity index (χ3v) is 7.55. The van der Waals surface area contributed by atoms with Crippen molar-refractivity contribution in [3.05, 3.63) is 70.9 Å². The van der Waals surface area contributed by atoms with Gasteiger partial charge in [0.05, 0.1) is 28.6 Å². The Labute approximate surface area is 216 Å². The summed E-state index contributed by atoms with van der Waals surface area (Å²) >= 11 is 0. The van der Waals surface area contributed by atoms with Crippen LogP contribution in [-0.4, -0.2) is 49.1 Å². The van der Waals surface area contributed by atoms with E-state index in [1.54, 1.807) is 0 Å². The smallest absolute Gasteiger partial charge is 0.408 e. The lowest BCUT2D eigenvalue weighted by molar-refractivity contribution is -0.143. The number of rotatable bonds is 6. The van der Waals surface area contributed by atoms with Gasteiger partial charge in [-0.1, -0.05) is 11.2 Å². The van der Waals surface area contributed by atoms with Crippen LogP contribution in [0.25, 0.3) is 0 Å². The molecule has 2 aromatic carbocycles. The fourth-order valence-corrected chi connectivity index (χ4v) is 5.12. The maximum atomic E-state index is 13.9. The van der Waals surface area contributed by atoms with Crippen LogP contribution in [0.15, 0.2) is 46.9 Å². The molecule has 1 N–H and O–H groups in total. The summed E-state index contributed by atoms with van der Waals surface area (Å²) in [6.07, 6.45) is -11.0. The van der Waals surface area contributed by atoms with Gasteiger partial charge >= 0.3 is 18.4 Å². The van der Waals surface area contributed by atoms with Crippen LogP contribution in [0.2, 0.25) is 0 Å². The molecule has 0 radical (unpaired) electrons. The number of nitrogens with one attached hydrogen (secondary N) is 1. The first-order valence-corrected chi connectivity index (χ1v) is 13.1. The van der Waals surface area contributed by atoms with Gasteiger partial charge in [0.15, 0.2) is 9.84 Å². The molecule has 1 aromatic heterocycles. The molecular weight excluding hydrogens is 561 g/mol. The summed E-state index contributed by atoms with van der Waals surface area (Å²) in [5, 5.41) is 9.85. The second-order valence-electron chi connectivity index (χ2n) is 8.67. The SMILES string of the molecule is O=C(Nc1ccc(F)cc1)C(Cc1nnc(N2CCS(=O)(=O)CC2)o1)c1ccc(C(F)(F)F)cc1C(F)(F)F. The number of aromatic nitrogens is 2. The normalized spacial score (nSPS) is 16.6. The van der Waals surface area contributed by atoms with E-state index in [4.69, 9.17) is 4.42 Å². The lowest BCUT2D eigenvalue weighted by atomic mass is 9.89. The highest BCUT2D eigenvalue weighted by Crippen LogP contribution is 2.40. The van der Waals surface area contributed by atoms with Crippen LogP contribution in [0.1, 0.15) is 28.5 Å². The number of carbonyl (C=O) groups is 1. The zero-order valence-electron chi connectivity index (χ0n) is 19.7. The van der Waals surface area contributed by atoms with Crippen LogP contribution < -0.4 is 10.2 Å². The summed E-state index contributed by atoms with van der Waals surface area (Å²) in [5.74, 6) is -4.15. The zero-order valence-corrected chi connectivity index (χ0v) is 20.5. The highest BCUT2D eigenvalue weighted by Gasteiger charge is 2.41. The Hall–Kier alpha value is -3.69. The maximum absolute atomic E-state index is 13.9. The average Bonchev–Trinajstić information content (AvgIpc) is 3.31. The van der Waals surface area contributed by atoms with Gasteiger partial charge in [-0.2, -0.15) is 26.3 Å². The molecule has 39 heavy (non-hydrogen) atoms. The second kappa shape index (κ2) is 10.5. The van der Waals surface area contributed by atoms with Crippen LogP contribution >= 0.6 is 0 Å². The minimum atomic E-state index is -5.26. The van der Waals surface area contributed by atoms with Gasteiger partial charge in [-0.25, -0.2) is 12.8 Å². The first kappa shape index (κ1) is 28.3. The number of sulfone groups is 1. The third kappa shape index (κ3) is 6.85. The summed E-state index contributed by atoms with van der Waals surface area (Å²) in [5.41, 5.74) is -4.00. The van der Waals surface area contributed by atoms with Crippen LogP contribution in [-0.2, 0) is 33.4 Å². The van der Waals surface area contributed by atoms with E-state index in [9.17, 15) is 43.9 Å². The van der Waals surface area contributed by atoms with Gasteiger partial charge in [-0.05, 0) is 42.0 Å². The van der Waals surface area contributed by atoms with E-state index in [1.165, 1.54) is 4.90 Å². The molecule has 1 fully saturated rings. The van der Waals surface area contributed by atoms with E-state index in [2.05, 4.69) is 15.5 Å². The van der Waals surface area contributed by atoms with Crippen molar-refractivity contribution in [2.24, 2.45) is 0 Å². The topological polar surface area (TPSA) is 105 Å². The Kier molecular flexibility index (Phi) is 7.60. The summed E-state index contributed by atoms with van der Waals surface area (Å²) in [6, 6.07) is 5.07. The Morgan fingerprint density at radius 2 is 1.62 bits per heavy atom. The van der Waals surface area contributed by atoms with Gasteiger partial charge in [0.25, 0.3) is 0 Å². The minimum absolute atomic E-state index is 0.0209. The number of halogens is 7. The quantitative estimate of drug-likeness (QED) is 0.430. The number of carbonyl (C=O) groups excluding carboxylic acids is 1. The fourth-order valence-electron chi connectivity index (χ4n) is 3.92. The molecule has 1 unspecified atom stereocenters. The average molecular weight is 580 g/mol. The molecule has 1 aliphatic heterocycles. The van der Waals surface area contributed by atoms with Crippen LogP contribution in [0, 0.1) is 5.82 Å². The molecule has 210 valence electrons. The predicted molar refractivity (Wildman–Crippen MR) is 123 cm³/mol. The van der Waals surface area contributed by atoms with E-state index >= 15 is 0 Å². The molecule has 1 saturated heterocycles. The van der Waals surface area contributed by atoms with Crippen molar-refractivity contribution in [1.82, 2.24) is 10.2 Å². The number of anilines is 2. The fraction of sp³-hybridized carbons (Fsp3) is 0.348. The first-order valence-electron chi connectivity index (χ1n) is 11.2. The second-order valence-corrected chi connectivity index (χ2v) is 11.0. The lowest BCUT2D eigenvalue weighted by Gasteiger charge is -2.24. The van der Waals surface area contributed by atoms with E-state index in [0.717, 1.165) is 24.3 Å². The molecule has 8 nitrogen and oxygen atoms in total. The van der Waals surface area contributed by atoms with Gasteiger partial charge in [-0.3, -0.25) is 4.79 Å². The van der Waals surface area contributed by atoms with Crippen molar-refractivity contribution in [2.45, 2.75) is 24.7 Å². The Balaban J connectivity index is 1.70. The summed E-state index contributed by atoms with van der Waals surface area (Å²) < 4.78 is 123. The third-order valence-electron chi connectivity index (χ3n) is 5.94. The molecule has 0 bridgehead atoms. The molecule has 16 heteroatoms. The molecule has 1 atom stereocenters. The molecule has 3 aromatic rings. The number of hydrogen-bond acceptors (Lipinski definition) is 7. The number of nitrogens with zero attached hydrogens (tertiary/aromatic N) is 3. The lowest BCUT2D eigenvalue weighted by Crippen LogP contribution is -2.40. The van der Waals surface area contributed by atoms with Crippen molar-refractivity contribution >= 4 is 27.4 Å². The van der Waals surface area contributed by atoms with Gasteiger partial charge < -0.3 is 14.6 Å². The first-order chi connectivity index (χ1) is 18.1. The largest absolute Gasteiger partial charge is 0.416 e. The van der Waals surface area contributed by atoms with Crippen LogP contribution in [0.5, 0.6) is 0 Å². The van der Waals surface area contributed by atoms with Crippen LogP contribution in [0.3, 0.4) is 0 Å². The Morgan fingerprint density at radius 3 is 2.21 bits per heavy atom. The Morgan fingerprint density at radius 1 is 0.974 bits per heavy atom. The predicted octanol–water partition coefficient (Wildman–Crippen LogP) is 4.45. The van der Waals surface area contributed by atoms with Crippen molar-refractivity contribution in [1.29, 1.82) is 0 Å². The zero-order chi connectivity index (χ0) is 28.6. The minimum Gasteiger partial charge on any atom is -0.408 e. The molecule has 0 aliphatic carbocycles. The highest BCUT2D eigenvalue weighted by molar-refractivity contribution is 7.91. The van der Waals surface area contributed by atoms with Crippen molar-refractivity contribution in [2.75, 3.05) is 34.8 Å². The molecule has 0 spiro atoms. The van der Waals surface area contributed by atoms with E-state index < -0.39 is 62.9 Å². The maximum Gasteiger partial charge on any atom is 0.416 e. The summed E-state index contributed by atoms with van der Waals surface area (Å²) in [6.45, 7) is 0.0468. The summed E-state index contributed by atoms with van der Waals surface area (Å²) in [4.78, 5) is 14.6. The number of alkyl halides is 6. The van der Waals surface area contributed by atoms with Crippen molar-refractivity contribution in [3.63, 3.8) is 0 Å². The monoisotopic (exact) mass is 580 g/mol.